The van der Waals surface area contributed by atoms with Gasteiger partial charge in [0.15, 0.2) is 0 Å². The molecule has 1 rings (SSSR count). The molecule has 0 saturated heterocycles. The minimum Gasteiger partial charge on any atom is -0.330 e. The Morgan fingerprint density at radius 2 is 2.25 bits per heavy atom. The van der Waals surface area contributed by atoms with Crippen molar-refractivity contribution in [3.8, 4) is 6.07 Å². The summed E-state index contributed by atoms with van der Waals surface area (Å²) in [5.41, 5.74) is 6.96. The van der Waals surface area contributed by atoms with Crippen LogP contribution in [0.25, 0.3) is 0 Å². The minimum atomic E-state index is 0.552. The molecule has 0 aliphatic heterocycles. The summed E-state index contributed by atoms with van der Waals surface area (Å²) in [4.78, 5) is 0. The lowest BCUT2D eigenvalue weighted by molar-refractivity contribution is 0.964. The van der Waals surface area contributed by atoms with Gasteiger partial charge in [-0.1, -0.05) is 17.7 Å². The lowest BCUT2D eigenvalue weighted by Gasteiger charge is -2.01. The first kappa shape index (κ1) is 9.05. The second-order valence-electron chi connectivity index (χ2n) is 2.45. The molecule has 2 nitrogen and oxygen atoms in total. The largest absolute Gasteiger partial charge is 0.330 e. The van der Waals surface area contributed by atoms with Crippen LogP contribution in [-0.4, -0.2) is 6.54 Å². The van der Waals surface area contributed by atoms with Gasteiger partial charge in [-0.3, -0.25) is 0 Å². The zero-order valence-electron chi connectivity index (χ0n) is 6.55. The molecule has 2 N–H and O–H groups in total. The highest BCUT2D eigenvalue weighted by Crippen LogP contribution is 2.15. The van der Waals surface area contributed by atoms with Crippen molar-refractivity contribution in [1.29, 1.82) is 5.26 Å². The fraction of sp³-hybridized carbons (Fsp3) is 0.222. The second-order valence-corrected chi connectivity index (χ2v) is 2.89. The maximum atomic E-state index is 8.72. The van der Waals surface area contributed by atoms with Crippen molar-refractivity contribution in [2.45, 2.75) is 6.42 Å². The van der Waals surface area contributed by atoms with Gasteiger partial charge in [-0.2, -0.15) is 5.26 Å². The van der Waals surface area contributed by atoms with Gasteiger partial charge in [-0.15, -0.1) is 0 Å². The first-order chi connectivity index (χ1) is 5.77. The minimum absolute atomic E-state index is 0.552. The predicted molar refractivity (Wildman–Crippen MR) is 48.9 cm³/mol. The standard InChI is InChI=1S/C9H9ClN2/c10-9-2-1-7(3-4-11)8(5-9)6-12/h1-2,5H,3-4,11H2. The monoisotopic (exact) mass is 180 g/mol. The molecular weight excluding hydrogens is 172 g/mol. The van der Waals surface area contributed by atoms with Gasteiger partial charge in [0.1, 0.15) is 0 Å². The Labute approximate surface area is 76.6 Å². The topological polar surface area (TPSA) is 49.8 Å². The average Bonchev–Trinajstić information content (AvgIpc) is 2.08. The maximum Gasteiger partial charge on any atom is 0.0995 e. The Morgan fingerprint density at radius 3 is 2.83 bits per heavy atom. The van der Waals surface area contributed by atoms with Crippen LogP contribution in [0.5, 0.6) is 0 Å². The Morgan fingerprint density at radius 1 is 1.50 bits per heavy atom. The van der Waals surface area contributed by atoms with E-state index in [1.165, 1.54) is 0 Å². The third kappa shape index (κ3) is 1.97. The number of hydrogen-bond acceptors (Lipinski definition) is 2. The summed E-state index contributed by atoms with van der Waals surface area (Å²) in [5.74, 6) is 0. The van der Waals surface area contributed by atoms with Gasteiger partial charge >= 0.3 is 0 Å². The third-order valence-electron chi connectivity index (χ3n) is 1.61. The number of nitrogens with two attached hydrogens (primary N) is 1. The number of nitrogens with zero attached hydrogens (tertiary/aromatic N) is 1. The molecule has 0 aliphatic carbocycles. The number of rotatable bonds is 2. The van der Waals surface area contributed by atoms with E-state index in [2.05, 4.69) is 6.07 Å². The van der Waals surface area contributed by atoms with Crippen molar-refractivity contribution in [3.05, 3.63) is 34.3 Å². The Bertz CT molecular complexity index is 315. The molecule has 62 valence electrons. The Kier molecular flexibility index (Phi) is 3.09. The molecule has 0 bridgehead atoms. The molecule has 0 spiro atoms. The molecule has 12 heavy (non-hydrogen) atoms. The van der Waals surface area contributed by atoms with E-state index in [1.54, 1.807) is 12.1 Å². The molecule has 1 aromatic rings. The lowest BCUT2D eigenvalue weighted by atomic mass is 10.1. The van der Waals surface area contributed by atoms with Crippen LogP contribution < -0.4 is 5.73 Å². The predicted octanol–water partition coefficient (Wildman–Crippen LogP) is 1.71. The van der Waals surface area contributed by atoms with Crippen molar-refractivity contribution in [2.24, 2.45) is 5.73 Å². The summed E-state index contributed by atoms with van der Waals surface area (Å²) in [7, 11) is 0. The molecular formula is C9H9ClN2. The normalized spacial score (nSPS) is 9.42. The van der Waals surface area contributed by atoms with Gasteiger partial charge in [0.05, 0.1) is 11.6 Å². The van der Waals surface area contributed by atoms with Crippen LogP contribution in [0.3, 0.4) is 0 Å². The molecule has 3 heteroatoms. The van der Waals surface area contributed by atoms with Gasteiger partial charge in [0, 0.05) is 5.02 Å². The van der Waals surface area contributed by atoms with Crippen LogP contribution >= 0.6 is 11.6 Å². The van der Waals surface area contributed by atoms with E-state index in [-0.39, 0.29) is 0 Å². The molecule has 0 saturated carbocycles. The quantitative estimate of drug-likeness (QED) is 0.754. The Hall–Kier alpha value is -1.04. The van der Waals surface area contributed by atoms with E-state index in [0.717, 1.165) is 12.0 Å². The number of benzene rings is 1. The zero-order chi connectivity index (χ0) is 8.97. The van der Waals surface area contributed by atoms with E-state index < -0.39 is 0 Å². The fourth-order valence-corrected chi connectivity index (χ4v) is 1.20. The van der Waals surface area contributed by atoms with Crippen LogP contribution in [0, 0.1) is 11.3 Å². The molecule has 0 heterocycles. The SMILES string of the molecule is N#Cc1cc(Cl)ccc1CCN. The number of halogens is 1. The number of hydrogen-bond donors (Lipinski definition) is 1. The van der Waals surface area contributed by atoms with Gasteiger partial charge in [-0.05, 0) is 30.7 Å². The summed E-state index contributed by atoms with van der Waals surface area (Å²) in [6.07, 6.45) is 0.722. The van der Waals surface area contributed by atoms with Crippen molar-refractivity contribution >= 4 is 11.6 Å². The van der Waals surface area contributed by atoms with Crippen molar-refractivity contribution in [1.82, 2.24) is 0 Å². The van der Waals surface area contributed by atoms with E-state index in [9.17, 15) is 0 Å². The van der Waals surface area contributed by atoms with E-state index in [0.29, 0.717) is 17.1 Å². The maximum absolute atomic E-state index is 8.72. The highest BCUT2D eigenvalue weighted by atomic mass is 35.5. The van der Waals surface area contributed by atoms with Crippen LogP contribution in [0.15, 0.2) is 18.2 Å². The van der Waals surface area contributed by atoms with Crippen molar-refractivity contribution in [3.63, 3.8) is 0 Å². The molecule has 0 amide bonds. The highest BCUT2D eigenvalue weighted by Gasteiger charge is 2.00. The van der Waals surface area contributed by atoms with Crippen molar-refractivity contribution in [2.75, 3.05) is 6.54 Å². The van der Waals surface area contributed by atoms with Crippen LogP contribution in [0.1, 0.15) is 11.1 Å². The average molecular weight is 181 g/mol. The first-order valence-electron chi connectivity index (χ1n) is 3.66. The summed E-state index contributed by atoms with van der Waals surface area (Å²) >= 11 is 5.71. The molecule has 0 unspecified atom stereocenters. The lowest BCUT2D eigenvalue weighted by Crippen LogP contribution is -2.04. The smallest absolute Gasteiger partial charge is 0.0995 e. The van der Waals surface area contributed by atoms with Gasteiger partial charge in [0.2, 0.25) is 0 Å². The molecule has 0 atom stereocenters. The number of nitriles is 1. The summed E-state index contributed by atoms with van der Waals surface area (Å²) in [6.45, 7) is 0.552. The van der Waals surface area contributed by atoms with E-state index in [1.807, 2.05) is 6.07 Å². The van der Waals surface area contributed by atoms with Crippen molar-refractivity contribution < 1.29 is 0 Å². The molecule has 0 radical (unpaired) electrons. The fourth-order valence-electron chi connectivity index (χ4n) is 1.03. The van der Waals surface area contributed by atoms with Crippen LogP contribution in [-0.2, 0) is 6.42 Å². The van der Waals surface area contributed by atoms with Crippen LogP contribution in [0.4, 0.5) is 0 Å². The van der Waals surface area contributed by atoms with E-state index >= 15 is 0 Å². The molecule has 0 fully saturated rings. The van der Waals surface area contributed by atoms with Gasteiger partial charge in [0.25, 0.3) is 0 Å². The molecule has 1 aromatic carbocycles. The van der Waals surface area contributed by atoms with Gasteiger partial charge in [-0.25, -0.2) is 0 Å². The van der Waals surface area contributed by atoms with E-state index in [4.69, 9.17) is 22.6 Å². The summed E-state index contributed by atoms with van der Waals surface area (Å²) < 4.78 is 0. The summed E-state index contributed by atoms with van der Waals surface area (Å²) in [6, 6.07) is 7.35. The zero-order valence-corrected chi connectivity index (χ0v) is 7.30. The first-order valence-corrected chi connectivity index (χ1v) is 4.04. The van der Waals surface area contributed by atoms with Crippen LogP contribution in [0.2, 0.25) is 5.02 Å². The Balaban J connectivity index is 3.05. The third-order valence-corrected chi connectivity index (χ3v) is 1.84. The molecule has 0 aromatic heterocycles. The van der Waals surface area contributed by atoms with Gasteiger partial charge < -0.3 is 5.73 Å². The molecule has 0 aliphatic rings. The highest BCUT2D eigenvalue weighted by molar-refractivity contribution is 6.30. The summed E-state index contributed by atoms with van der Waals surface area (Å²) in [5, 5.41) is 9.31. The second kappa shape index (κ2) is 4.10.